The standard InChI is InChI=1S/C16H27N3O4S2/c1-19(2)25(22,23)15-10-6-9-14(11-15)24(20,21)18-16(12-17)13-7-4-3-5-8-13/h6,9-11,13,16,18H,3-5,7-8,12,17H2,1-2H3. The number of nitrogens with one attached hydrogen (secondary N) is 1. The Morgan fingerprint density at radius 3 is 2.28 bits per heavy atom. The van der Waals surface area contributed by atoms with Crippen molar-refractivity contribution in [1.82, 2.24) is 9.03 Å². The highest BCUT2D eigenvalue weighted by Crippen LogP contribution is 2.27. The number of sulfonamides is 2. The third-order valence-electron chi connectivity index (χ3n) is 4.67. The fourth-order valence-electron chi connectivity index (χ4n) is 3.15. The first-order valence-electron chi connectivity index (χ1n) is 8.43. The Labute approximate surface area is 150 Å². The minimum absolute atomic E-state index is 0.0534. The molecule has 0 aliphatic heterocycles. The lowest BCUT2D eigenvalue weighted by molar-refractivity contribution is 0.294. The number of nitrogens with zero attached hydrogens (tertiary/aromatic N) is 1. The summed E-state index contributed by atoms with van der Waals surface area (Å²) in [5.41, 5.74) is 5.80. The maximum absolute atomic E-state index is 12.7. The van der Waals surface area contributed by atoms with E-state index in [2.05, 4.69) is 4.72 Å². The van der Waals surface area contributed by atoms with Crippen LogP contribution in [-0.2, 0) is 20.0 Å². The predicted octanol–water partition coefficient (Wildman–Crippen LogP) is 1.12. The minimum atomic E-state index is -3.84. The van der Waals surface area contributed by atoms with Crippen molar-refractivity contribution in [3.63, 3.8) is 0 Å². The van der Waals surface area contributed by atoms with Crippen molar-refractivity contribution in [3.05, 3.63) is 24.3 Å². The van der Waals surface area contributed by atoms with Crippen LogP contribution in [0.2, 0.25) is 0 Å². The average molecular weight is 390 g/mol. The quantitative estimate of drug-likeness (QED) is 0.726. The normalized spacial score (nSPS) is 18.4. The maximum atomic E-state index is 12.7. The van der Waals surface area contributed by atoms with E-state index in [-0.39, 0.29) is 28.3 Å². The van der Waals surface area contributed by atoms with Gasteiger partial charge in [0.05, 0.1) is 9.79 Å². The van der Waals surface area contributed by atoms with Crippen molar-refractivity contribution in [2.75, 3.05) is 20.6 Å². The van der Waals surface area contributed by atoms with Crippen molar-refractivity contribution in [3.8, 4) is 0 Å². The molecule has 25 heavy (non-hydrogen) atoms. The van der Waals surface area contributed by atoms with Gasteiger partial charge in [-0.2, -0.15) is 0 Å². The van der Waals surface area contributed by atoms with Crippen LogP contribution in [0.4, 0.5) is 0 Å². The number of hydrogen-bond donors (Lipinski definition) is 2. The van der Waals surface area contributed by atoms with E-state index in [1.165, 1.54) is 44.8 Å². The van der Waals surface area contributed by atoms with Crippen LogP contribution >= 0.6 is 0 Å². The Kier molecular flexibility index (Phi) is 6.61. The molecule has 1 aromatic carbocycles. The molecule has 0 spiro atoms. The zero-order valence-corrected chi connectivity index (χ0v) is 16.3. The smallest absolute Gasteiger partial charge is 0.242 e. The minimum Gasteiger partial charge on any atom is -0.329 e. The molecule has 1 aliphatic rings. The van der Waals surface area contributed by atoms with E-state index in [4.69, 9.17) is 5.73 Å². The molecule has 3 N–H and O–H groups in total. The van der Waals surface area contributed by atoms with Gasteiger partial charge in [-0.15, -0.1) is 0 Å². The van der Waals surface area contributed by atoms with Gasteiger partial charge in [-0.1, -0.05) is 25.3 Å². The Morgan fingerprint density at radius 2 is 1.72 bits per heavy atom. The van der Waals surface area contributed by atoms with Crippen molar-refractivity contribution < 1.29 is 16.8 Å². The molecule has 1 saturated carbocycles. The number of rotatable bonds is 7. The molecule has 9 heteroatoms. The second kappa shape index (κ2) is 8.13. The van der Waals surface area contributed by atoms with Gasteiger partial charge in [0.25, 0.3) is 0 Å². The highest BCUT2D eigenvalue weighted by Gasteiger charge is 2.28. The molecule has 0 amide bonds. The molecule has 7 nitrogen and oxygen atoms in total. The Balaban J connectivity index is 2.27. The van der Waals surface area contributed by atoms with Gasteiger partial charge in [-0.3, -0.25) is 0 Å². The summed E-state index contributed by atoms with van der Waals surface area (Å²) in [5.74, 6) is 0.224. The number of benzene rings is 1. The monoisotopic (exact) mass is 389 g/mol. The fourth-order valence-corrected chi connectivity index (χ4v) is 5.54. The lowest BCUT2D eigenvalue weighted by atomic mass is 9.84. The first kappa shape index (κ1) is 20.3. The molecule has 0 bridgehead atoms. The molecule has 142 valence electrons. The van der Waals surface area contributed by atoms with Gasteiger partial charge in [0.2, 0.25) is 20.0 Å². The van der Waals surface area contributed by atoms with Gasteiger partial charge in [0.15, 0.2) is 0 Å². The van der Waals surface area contributed by atoms with Gasteiger partial charge in [-0.25, -0.2) is 25.9 Å². The van der Waals surface area contributed by atoms with E-state index in [9.17, 15) is 16.8 Å². The van der Waals surface area contributed by atoms with Crippen LogP contribution in [0.1, 0.15) is 32.1 Å². The van der Waals surface area contributed by atoms with Gasteiger partial charge in [0, 0.05) is 26.7 Å². The van der Waals surface area contributed by atoms with Crippen LogP contribution in [0.5, 0.6) is 0 Å². The van der Waals surface area contributed by atoms with Crippen LogP contribution in [0.25, 0.3) is 0 Å². The lowest BCUT2D eigenvalue weighted by Gasteiger charge is -2.29. The molecule has 1 fully saturated rings. The first-order chi connectivity index (χ1) is 11.7. The largest absolute Gasteiger partial charge is 0.329 e. The van der Waals surface area contributed by atoms with E-state index in [0.29, 0.717) is 0 Å². The number of hydrogen-bond acceptors (Lipinski definition) is 5. The molecule has 1 atom stereocenters. The van der Waals surface area contributed by atoms with Crippen LogP contribution in [0.15, 0.2) is 34.1 Å². The van der Waals surface area contributed by atoms with Gasteiger partial charge >= 0.3 is 0 Å². The summed E-state index contributed by atoms with van der Waals surface area (Å²) in [5, 5.41) is 0. The van der Waals surface area contributed by atoms with Gasteiger partial charge < -0.3 is 5.73 Å². The van der Waals surface area contributed by atoms with Crippen LogP contribution < -0.4 is 10.5 Å². The Hall–Kier alpha value is -1.00. The molecule has 2 rings (SSSR count). The summed E-state index contributed by atoms with van der Waals surface area (Å²) in [6, 6.07) is 5.07. The summed E-state index contributed by atoms with van der Waals surface area (Å²) >= 11 is 0. The van der Waals surface area contributed by atoms with Crippen molar-refractivity contribution in [1.29, 1.82) is 0 Å². The van der Waals surface area contributed by atoms with Crippen LogP contribution in [0, 0.1) is 5.92 Å². The van der Waals surface area contributed by atoms with Crippen LogP contribution in [-0.4, -0.2) is 47.8 Å². The van der Waals surface area contributed by atoms with Crippen molar-refractivity contribution >= 4 is 20.0 Å². The van der Waals surface area contributed by atoms with Crippen LogP contribution in [0.3, 0.4) is 0 Å². The van der Waals surface area contributed by atoms with E-state index >= 15 is 0 Å². The zero-order chi connectivity index (χ0) is 18.7. The second-order valence-corrected chi connectivity index (χ2v) is 10.5. The maximum Gasteiger partial charge on any atom is 0.242 e. The molecule has 0 radical (unpaired) electrons. The number of nitrogens with two attached hydrogens (primary N) is 1. The fraction of sp³-hybridized carbons (Fsp3) is 0.625. The highest BCUT2D eigenvalue weighted by atomic mass is 32.2. The lowest BCUT2D eigenvalue weighted by Crippen LogP contribution is -2.45. The summed E-state index contributed by atoms with van der Waals surface area (Å²) in [6.07, 6.45) is 5.25. The first-order valence-corrected chi connectivity index (χ1v) is 11.4. The van der Waals surface area contributed by atoms with E-state index < -0.39 is 20.0 Å². The summed E-state index contributed by atoms with van der Waals surface area (Å²) in [7, 11) is -4.73. The Bertz CT molecular complexity index is 785. The predicted molar refractivity (Wildman–Crippen MR) is 97.1 cm³/mol. The topological polar surface area (TPSA) is 110 Å². The van der Waals surface area contributed by atoms with Crippen molar-refractivity contribution in [2.24, 2.45) is 11.7 Å². The molecule has 1 aliphatic carbocycles. The Morgan fingerprint density at radius 1 is 1.12 bits per heavy atom. The van der Waals surface area contributed by atoms with Crippen molar-refractivity contribution in [2.45, 2.75) is 47.9 Å². The summed E-state index contributed by atoms with van der Waals surface area (Å²) in [6.45, 7) is 0.222. The third kappa shape index (κ3) is 4.79. The summed E-state index contributed by atoms with van der Waals surface area (Å²) in [4.78, 5) is -0.118. The molecule has 0 heterocycles. The molecular weight excluding hydrogens is 362 g/mol. The summed E-state index contributed by atoms with van der Waals surface area (Å²) < 4.78 is 53.6. The molecular formula is C16H27N3O4S2. The molecule has 1 aromatic rings. The highest BCUT2D eigenvalue weighted by molar-refractivity contribution is 7.90. The molecule has 1 unspecified atom stereocenters. The van der Waals surface area contributed by atoms with Gasteiger partial charge in [0.1, 0.15) is 0 Å². The average Bonchev–Trinajstić information content (AvgIpc) is 2.60. The third-order valence-corrected chi connectivity index (χ3v) is 7.97. The second-order valence-electron chi connectivity index (χ2n) is 6.62. The molecule has 0 aromatic heterocycles. The SMILES string of the molecule is CN(C)S(=O)(=O)c1cccc(S(=O)(=O)NC(CN)C2CCCCC2)c1. The van der Waals surface area contributed by atoms with E-state index in [1.54, 1.807) is 0 Å². The van der Waals surface area contributed by atoms with E-state index in [1.807, 2.05) is 0 Å². The van der Waals surface area contributed by atoms with E-state index in [0.717, 1.165) is 30.0 Å². The van der Waals surface area contributed by atoms with Gasteiger partial charge in [-0.05, 0) is 37.0 Å². The molecule has 0 saturated heterocycles. The zero-order valence-electron chi connectivity index (χ0n) is 14.7.